The molecule has 2 nitrogen and oxygen atoms in total. The van der Waals surface area contributed by atoms with E-state index in [9.17, 15) is 4.39 Å². The molecule has 0 saturated heterocycles. The van der Waals surface area contributed by atoms with Crippen LogP contribution in [0.5, 0.6) is 0 Å². The Balaban J connectivity index is 2.95. The van der Waals surface area contributed by atoms with Crippen molar-refractivity contribution < 1.29 is 4.39 Å². The number of halogens is 1. The van der Waals surface area contributed by atoms with E-state index < -0.39 is 0 Å². The first-order valence-electron chi connectivity index (χ1n) is 5.60. The van der Waals surface area contributed by atoms with E-state index in [1.165, 1.54) is 18.3 Å². The lowest BCUT2D eigenvalue weighted by Gasteiger charge is -2.10. The Morgan fingerprint density at radius 3 is 2.33 bits per heavy atom. The molecule has 1 aromatic carbocycles. The first kappa shape index (κ1) is 13.9. The Hall–Kier alpha value is -2.16. The number of benzene rings is 1. The zero-order chi connectivity index (χ0) is 13.5. The normalized spacial score (nSPS) is 10.7. The lowest BCUT2D eigenvalue weighted by molar-refractivity contribution is 0.628. The third-order valence-corrected chi connectivity index (χ3v) is 2.23. The molecule has 18 heavy (non-hydrogen) atoms. The van der Waals surface area contributed by atoms with Gasteiger partial charge in [-0.25, -0.2) is 4.39 Å². The van der Waals surface area contributed by atoms with Crippen LogP contribution in [-0.4, -0.2) is 6.21 Å². The number of hydrogen-bond acceptors (Lipinski definition) is 2. The summed E-state index contributed by atoms with van der Waals surface area (Å²) >= 11 is 0. The zero-order valence-electron chi connectivity index (χ0n) is 10.6. The van der Waals surface area contributed by atoms with Crippen LogP contribution in [0.2, 0.25) is 0 Å². The first-order valence-corrected chi connectivity index (χ1v) is 5.60. The highest BCUT2D eigenvalue weighted by Gasteiger charge is 2.00. The van der Waals surface area contributed by atoms with Gasteiger partial charge in [-0.3, -0.25) is 0 Å². The van der Waals surface area contributed by atoms with E-state index in [-0.39, 0.29) is 5.82 Å². The molecule has 0 heterocycles. The molecule has 0 aliphatic heterocycles. The van der Waals surface area contributed by atoms with Crippen LogP contribution in [0.1, 0.15) is 13.8 Å². The summed E-state index contributed by atoms with van der Waals surface area (Å²) in [7, 11) is 0. The topological polar surface area (TPSA) is 35.9 Å². The number of allylic oxidation sites excluding steroid dienone is 4. The van der Waals surface area contributed by atoms with Gasteiger partial charge >= 0.3 is 0 Å². The van der Waals surface area contributed by atoms with Crippen LogP contribution in [0, 0.1) is 11.2 Å². The smallest absolute Gasteiger partial charge is 0.123 e. The lowest BCUT2D eigenvalue weighted by atomic mass is 10.2. The van der Waals surface area contributed by atoms with Crippen LogP contribution in [0.15, 0.2) is 59.8 Å². The van der Waals surface area contributed by atoms with E-state index in [1.807, 2.05) is 26.0 Å². The van der Waals surface area contributed by atoms with Crippen molar-refractivity contribution >= 4 is 11.9 Å². The third-order valence-electron chi connectivity index (χ3n) is 2.23. The van der Waals surface area contributed by atoms with Crippen molar-refractivity contribution in [2.45, 2.75) is 13.8 Å². The Kier molecular flexibility index (Phi) is 5.06. The number of rotatable bonds is 5. The van der Waals surface area contributed by atoms with Crippen molar-refractivity contribution in [3.8, 4) is 0 Å². The predicted octanol–water partition coefficient (Wildman–Crippen LogP) is 4.29. The van der Waals surface area contributed by atoms with Crippen molar-refractivity contribution in [3.05, 3.63) is 65.7 Å². The highest BCUT2D eigenvalue weighted by atomic mass is 19.1. The summed E-state index contributed by atoms with van der Waals surface area (Å²) in [5, 5.41) is 10.4. The van der Waals surface area contributed by atoms with E-state index >= 15 is 0 Å². The van der Waals surface area contributed by atoms with Crippen molar-refractivity contribution in [3.63, 3.8) is 0 Å². The molecule has 0 atom stereocenters. The van der Waals surface area contributed by atoms with Gasteiger partial charge in [-0.15, -0.1) is 0 Å². The van der Waals surface area contributed by atoms with Crippen LogP contribution in [-0.2, 0) is 0 Å². The molecule has 0 aliphatic rings. The first-order chi connectivity index (χ1) is 8.52. The minimum absolute atomic E-state index is 0.277. The van der Waals surface area contributed by atoms with Crippen LogP contribution >= 0.6 is 0 Å². The van der Waals surface area contributed by atoms with Crippen LogP contribution in [0.4, 0.5) is 10.1 Å². The Bertz CT molecular complexity index is 492. The number of hydrogen-bond donors (Lipinski definition) is 2. The molecule has 0 unspecified atom stereocenters. The van der Waals surface area contributed by atoms with Gasteiger partial charge in [0.15, 0.2) is 0 Å². The second kappa shape index (κ2) is 6.55. The van der Waals surface area contributed by atoms with Crippen molar-refractivity contribution in [2.24, 2.45) is 0 Å². The van der Waals surface area contributed by atoms with Gasteiger partial charge in [-0.1, -0.05) is 18.2 Å². The van der Waals surface area contributed by atoms with E-state index in [0.29, 0.717) is 5.57 Å². The van der Waals surface area contributed by atoms with E-state index in [2.05, 4.69) is 11.9 Å². The highest BCUT2D eigenvalue weighted by molar-refractivity contribution is 5.83. The SMILES string of the molecule is C=C(C=N)/C(=C\C=C(C)C)Nc1ccc(F)cc1. The van der Waals surface area contributed by atoms with Gasteiger partial charge in [0.25, 0.3) is 0 Å². The van der Waals surface area contributed by atoms with Gasteiger partial charge in [0.2, 0.25) is 0 Å². The molecule has 0 aliphatic carbocycles. The minimum atomic E-state index is -0.277. The van der Waals surface area contributed by atoms with Gasteiger partial charge in [0.1, 0.15) is 5.82 Å². The molecule has 0 saturated carbocycles. The van der Waals surface area contributed by atoms with Gasteiger partial charge in [-0.2, -0.15) is 0 Å². The van der Waals surface area contributed by atoms with E-state index in [1.54, 1.807) is 12.1 Å². The number of anilines is 1. The molecule has 1 rings (SSSR count). The fourth-order valence-corrected chi connectivity index (χ4v) is 1.25. The maximum absolute atomic E-state index is 12.8. The largest absolute Gasteiger partial charge is 0.355 e. The second-order valence-electron chi connectivity index (χ2n) is 4.13. The molecule has 0 spiro atoms. The highest BCUT2D eigenvalue weighted by Crippen LogP contribution is 2.15. The minimum Gasteiger partial charge on any atom is -0.355 e. The zero-order valence-corrected chi connectivity index (χ0v) is 10.6. The van der Waals surface area contributed by atoms with Gasteiger partial charge in [-0.05, 0) is 44.2 Å². The van der Waals surface area contributed by atoms with Crippen LogP contribution < -0.4 is 5.32 Å². The average molecular weight is 244 g/mol. The quantitative estimate of drug-likeness (QED) is 0.588. The fraction of sp³-hybridized carbons (Fsp3) is 0.133. The Labute approximate surface area is 107 Å². The molecule has 0 bridgehead atoms. The Morgan fingerprint density at radius 2 is 1.83 bits per heavy atom. The van der Waals surface area contributed by atoms with Crippen molar-refractivity contribution in [1.29, 1.82) is 5.41 Å². The summed E-state index contributed by atoms with van der Waals surface area (Å²) in [5.41, 5.74) is 3.19. The van der Waals surface area contributed by atoms with Gasteiger partial charge in [0.05, 0.1) is 0 Å². The third kappa shape index (κ3) is 4.37. The molecule has 0 aromatic heterocycles. The maximum atomic E-state index is 12.8. The molecule has 0 fully saturated rings. The van der Waals surface area contributed by atoms with Crippen molar-refractivity contribution in [2.75, 3.05) is 5.32 Å². The van der Waals surface area contributed by atoms with Gasteiger partial charge in [0, 0.05) is 23.2 Å². The fourth-order valence-electron chi connectivity index (χ4n) is 1.25. The molecular formula is C15H17FN2. The number of nitrogens with one attached hydrogen (secondary N) is 2. The standard InChI is InChI=1S/C15H17FN2/c1-11(2)4-9-15(12(3)10-17)18-14-7-5-13(16)6-8-14/h4-10,17-18H,3H2,1-2H3/b15-9+,17-10?. The molecule has 3 heteroatoms. The lowest BCUT2D eigenvalue weighted by Crippen LogP contribution is -2.02. The van der Waals surface area contributed by atoms with Crippen LogP contribution in [0.25, 0.3) is 0 Å². The maximum Gasteiger partial charge on any atom is 0.123 e. The van der Waals surface area contributed by atoms with Crippen molar-refractivity contribution in [1.82, 2.24) is 0 Å². The molecule has 1 aromatic rings. The monoisotopic (exact) mass is 244 g/mol. The second-order valence-corrected chi connectivity index (χ2v) is 4.13. The summed E-state index contributed by atoms with van der Waals surface area (Å²) < 4.78 is 12.8. The average Bonchev–Trinajstić information content (AvgIpc) is 2.35. The summed E-state index contributed by atoms with van der Waals surface area (Å²) in [6.45, 7) is 7.76. The molecule has 2 N–H and O–H groups in total. The summed E-state index contributed by atoms with van der Waals surface area (Å²) in [6.07, 6.45) is 4.97. The van der Waals surface area contributed by atoms with Crippen LogP contribution in [0.3, 0.4) is 0 Å². The van der Waals surface area contributed by atoms with E-state index in [0.717, 1.165) is 17.0 Å². The Morgan fingerprint density at radius 1 is 1.22 bits per heavy atom. The van der Waals surface area contributed by atoms with Gasteiger partial charge < -0.3 is 10.7 Å². The summed E-state index contributed by atoms with van der Waals surface area (Å²) in [5.74, 6) is -0.277. The molecule has 0 radical (unpaired) electrons. The summed E-state index contributed by atoms with van der Waals surface area (Å²) in [6, 6.07) is 6.05. The molecule has 0 amide bonds. The predicted molar refractivity (Wildman–Crippen MR) is 75.5 cm³/mol. The summed E-state index contributed by atoms with van der Waals surface area (Å²) in [4.78, 5) is 0. The molecular weight excluding hydrogens is 227 g/mol. The molecule has 94 valence electrons. The van der Waals surface area contributed by atoms with E-state index in [4.69, 9.17) is 5.41 Å².